The van der Waals surface area contributed by atoms with Crippen molar-refractivity contribution in [3.8, 4) is 0 Å². The second-order valence-electron chi connectivity index (χ2n) is 5.39. The molecule has 0 saturated heterocycles. The Hall–Kier alpha value is -2.50. The number of aryl methyl sites for hydroxylation is 1. The maximum Gasteiger partial charge on any atom is 0.264 e. The zero-order valence-electron chi connectivity index (χ0n) is 16.1. The normalized spacial score (nSPS) is 29.5. The number of anilines is 1. The maximum absolute atomic E-state index is 13.1. The topological polar surface area (TPSA) is 95.1 Å². The van der Waals surface area contributed by atoms with E-state index in [2.05, 4.69) is 4.98 Å². The number of ketones is 2. The molecule has 1 aromatic heterocycles. The fraction of sp³-hybridized carbons (Fsp3) is 0.375. The van der Waals surface area contributed by atoms with Crippen molar-refractivity contribution in [1.29, 1.82) is 0 Å². The Morgan fingerprint density at radius 1 is 1.36 bits per heavy atom. The van der Waals surface area contributed by atoms with E-state index in [9.17, 15) is 14.4 Å². The fourth-order valence-corrected chi connectivity index (χ4v) is 2.70. The molecule has 1 saturated carbocycles. The summed E-state index contributed by atoms with van der Waals surface area (Å²) in [5, 5.41) is 0.0142. The van der Waals surface area contributed by atoms with E-state index in [0.29, 0.717) is 0 Å². The molecule has 1 aromatic carbocycles. The van der Waals surface area contributed by atoms with Crippen LogP contribution in [0.25, 0.3) is 10.9 Å². The summed E-state index contributed by atoms with van der Waals surface area (Å²) < 4.78 is 33.2. The first kappa shape index (κ1) is 10.3. The highest BCUT2D eigenvalue weighted by molar-refractivity contribution is 6.05. The summed E-state index contributed by atoms with van der Waals surface area (Å²) in [6, 6.07) is 4.65. The number of nitrogens with two attached hydrogens (primary N) is 1. The number of nitrogens with zero attached hydrogens (tertiary/aromatic N) is 2. The van der Waals surface area contributed by atoms with Gasteiger partial charge in [0, 0.05) is 17.5 Å². The molecule has 0 unspecified atom stereocenters. The van der Waals surface area contributed by atoms with Gasteiger partial charge in [-0.3, -0.25) is 19.0 Å². The SMILES string of the molecule is [2H]C1([2H])C(=O)CC(=O)[C@](C)(n2c(C)nc3cccc(N)c3c2=O)C1([2H])[2H]. The van der Waals surface area contributed by atoms with Crippen LogP contribution < -0.4 is 11.3 Å². The monoisotopic (exact) mass is 303 g/mol. The van der Waals surface area contributed by atoms with Crippen molar-refractivity contribution >= 4 is 28.2 Å². The molecular formula is C16H17N3O3. The van der Waals surface area contributed by atoms with Gasteiger partial charge in [0.1, 0.15) is 17.1 Å². The zero-order chi connectivity index (χ0) is 19.7. The maximum atomic E-state index is 13.1. The van der Waals surface area contributed by atoms with Gasteiger partial charge in [-0.1, -0.05) is 6.07 Å². The van der Waals surface area contributed by atoms with E-state index in [1.165, 1.54) is 13.0 Å². The Balaban J connectivity index is 2.45. The molecule has 6 heteroatoms. The van der Waals surface area contributed by atoms with Crippen molar-refractivity contribution in [3.63, 3.8) is 0 Å². The molecule has 0 radical (unpaired) electrons. The van der Waals surface area contributed by atoms with Gasteiger partial charge in [0.25, 0.3) is 5.56 Å². The molecule has 1 atom stereocenters. The van der Waals surface area contributed by atoms with Crippen LogP contribution in [0.15, 0.2) is 23.0 Å². The Morgan fingerprint density at radius 2 is 2.09 bits per heavy atom. The first-order valence-electron chi connectivity index (χ1n) is 8.72. The predicted octanol–water partition coefficient (Wildman–Crippen LogP) is 1.32. The third-order valence-corrected chi connectivity index (χ3v) is 3.85. The van der Waals surface area contributed by atoms with Crippen molar-refractivity contribution in [2.45, 2.75) is 38.6 Å². The summed E-state index contributed by atoms with van der Waals surface area (Å²) in [4.78, 5) is 42.0. The minimum absolute atomic E-state index is 0.0142. The molecule has 0 bridgehead atoms. The van der Waals surface area contributed by atoms with E-state index < -0.39 is 41.8 Å². The predicted molar refractivity (Wildman–Crippen MR) is 82.7 cm³/mol. The van der Waals surface area contributed by atoms with Crippen LogP contribution in [-0.4, -0.2) is 21.1 Å². The summed E-state index contributed by atoms with van der Waals surface area (Å²) in [7, 11) is 0. The summed E-state index contributed by atoms with van der Waals surface area (Å²) in [6.45, 7) is 2.55. The van der Waals surface area contributed by atoms with Gasteiger partial charge in [-0.05, 0) is 32.4 Å². The zero-order valence-corrected chi connectivity index (χ0v) is 12.1. The van der Waals surface area contributed by atoms with Crippen molar-refractivity contribution in [3.05, 3.63) is 34.4 Å². The lowest BCUT2D eigenvalue weighted by atomic mass is 9.81. The van der Waals surface area contributed by atoms with Gasteiger partial charge >= 0.3 is 0 Å². The molecule has 0 aliphatic heterocycles. The molecule has 0 spiro atoms. The van der Waals surface area contributed by atoms with Gasteiger partial charge in [-0.25, -0.2) is 4.98 Å². The van der Waals surface area contributed by atoms with Gasteiger partial charge in [-0.15, -0.1) is 0 Å². The van der Waals surface area contributed by atoms with Crippen molar-refractivity contribution in [1.82, 2.24) is 9.55 Å². The van der Waals surface area contributed by atoms with E-state index in [0.717, 1.165) is 11.5 Å². The molecular weight excluding hydrogens is 282 g/mol. The average molecular weight is 303 g/mol. The van der Waals surface area contributed by atoms with Gasteiger partial charge in [-0.2, -0.15) is 0 Å². The molecule has 3 rings (SSSR count). The highest BCUT2D eigenvalue weighted by atomic mass is 16.2. The highest BCUT2D eigenvalue weighted by Gasteiger charge is 2.41. The Bertz CT molecular complexity index is 1030. The van der Waals surface area contributed by atoms with Crippen LogP contribution >= 0.6 is 0 Å². The number of hydrogen-bond donors (Lipinski definition) is 1. The number of aromatic nitrogens is 2. The van der Waals surface area contributed by atoms with E-state index in [1.807, 2.05) is 0 Å². The molecule has 1 fully saturated rings. The van der Waals surface area contributed by atoms with E-state index in [1.54, 1.807) is 12.1 Å². The number of fused-ring (bicyclic) bond motifs is 1. The van der Waals surface area contributed by atoms with Crippen molar-refractivity contribution in [2.24, 2.45) is 0 Å². The van der Waals surface area contributed by atoms with E-state index in [-0.39, 0.29) is 22.4 Å². The van der Waals surface area contributed by atoms with Gasteiger partial charge in [0.2, 0.25) is 0 Å². The molecule has 1 heterocycles. The van der Waals surface area contributed by atoms with Crippen LogP contribution in [0.4, 0.5) is 5.69 Å². The molecule has 22 heavy (non-hydrogen) atoms. The molecule has 1 aliphatic rings. The summed E-state index contributed by atoms with van der Waals surface area (Å²) in [5.74, 6) is -2.01. The van der Waals surface area contributed by atoms with E-state index >= 15 is 0 Å². The molecule has 114 valence electrons. The molecule has 2 aromatic rings. The number of carbonyl (C=O) groups excluding carboxylic acids is 2. The Labute approximate surface area is 132 Å². The average Bonchev–Trinajstić information content (AvgIpc) is 2.52. The van der Waals surface area contributed by atoms with Gasteiger partial charge in [0.05, 0.1) is 17.3 Å². The first-order valence-corrected chi connectivity index (χ1v) is 6.72. The lowest BCUT2D eigenvalue weighted by molar-refractivity contribution is -0.136. The van der Waals surface area contributed by atoms with Crippen molar-refractivity contribution < 1.29 is 15.1 Å². The molecule has 0 amide bonds. The summed E-state index contributed by atoms with van der Waals surface area (Å²) >= 11 is 0. The molecule has 2 N–H and O–H groups in total. The van der Waals surface area contributed by atoms with Crippen LogP contribution in [0.5, 0.6) is 0 Å². The summed E-state index contributed by atoms with van der Waals surface area (Å²) in [6.07, 6.45) is -6.73. The number of benzene rings is 1. The first-order chi connectivity index (χ1) is 11.9. The second-order valence-corrected chi connectivity index (χ2v) is 5.39. The number of carbonyl (C=O) groups is 2. The third kappa shape index (κ3) is 1.94. The highest BCUT2D eigenvalue weighted by Crippen LogP contribution is 2.30. The van der Waals surface area contributed by atoms with Crippen LogP contribution in [-0.2, 0) is 15.1 Å². The quantitative estimate of drug-likeness (QED) is 0.633. The molecule has 6 nitrogen and oxygen atoms in total. The van der Waals surface area contributed by atoms with Crippen LogP contribution in [0.2, 0.25) is 0 Å². The minimum atomic E-state index is -2.97. The Kier molecular flexibility index (Phi) is 2.22. The smallest absolute Gasteiger partial charge is 0.264 e. The van der Waals surface area contributed by atoms with Gasteiger partial charge in [0.15, 0.2) is 5.78 Å². The number of rotatable bonds is 1. The minimum Gasteiger partial charge on any atom is -0.398 e. The van der Waals surface area contributed by atoms with Crippen LogP contribution in [0.1, 0.15) is 37.4 Å². The standard InChI is InChI=1S/C16H17N3O3/c1-9-18-12-5-3-4-11(17)14(12)15(22)19(9)16(2)7-6-10(20)8-13(16)21/h3-5H,6-8,17H2,1-2H3/t16-/m1/s1/i6D2,7D2. The largest absolute Gasteiger partial charge is 0.398 e. The number of Topliss-reactive ketones (excluding diaryl/α,β-unsaturated/α-hetero) is 2. The number of hydrogen-bond acceptors (Lipinski definition) is 5. The van der Waals surface area contributed by atoms with Gasteiger partial charge < -0.3 is 5.73 Å². The van der Waals surface area contributed by atoms with Crippen molar-refractivity contribution in [2.75, 3.05) is 5.73 Å². The summed E-state index contributed by atoms with van der Waals surface area (Å²) in [5.41, 5.74) is 3.26. The second kappa shape index (κ2) is 4.76. The lowest BCUT2D eigenvalue weighted by Gasteiger charge is -2.34. The Morgan fingerprint density at radius 3 is 2.82 bits per heavy atom. The number of nitrogen functional groups attached to an aromatic ring is 1. The van der Waals surface area contributed by atoms with E-state index in [4.69, 9.17) is 11.2 Å². The third-order valence-electron chi connectivity index (χ3n) is 3.85. The lowest BCUT2D eigenvalue weighted by Crippen LogP contribution is -2.49. The molecule has 1 aliphatic carbocycles. The van der Waals surface area contributed by atoms with Crippen LogP contribution in [0, 0.1) is 6.92 Å². The fourth-order valence-electron chi connectivity index (χ4n) is 2.70. The van der Waals surface area contributed by atoms with Crippen LogP contribution in [0.3, 0.4) is 0 Å².